The fourth-order valence-electron chi connectivity index (χ4n) is 2.75. The molecule has 0 bridgehead atoms. The molecular weight excluding hydrogens is 264 g/mol. The number of methoxy groups -OCH3 is 1. The van der Waals surface area contributed by atoms with E-state index < -0.39 is 0 Å². The Kier molecular flexibility index (Phi) is 6.33. The average molecular weight is 292 g/mol. The molecule has 21 heavy (non-hydrogen) atoms. The van der Waals surface area contributed by atoms with Crippen molar-refractivity contribution < 1.29 is 9.47 Å². The van der Waals surface area contributed by atoms with Gasteiger partial charge in [0.1, 0.15) is 5.75 Å². The van der Waals surface area contributed by atoms with E-state index in [0.29, 0.717) is 6.04 Å². The first-order valence-electron chi connectivity index (χ1n) is 7.93. The highest BCUT2D eigenvalue weighted by Crippen LogP contribution is 2.27. The minimum absolute atomic E-state index is 0.372. The van der Waals surface area contributed by atoms with Gasteiger partial charge in [0.2, 0.25) is 0 Å². The largest absolute Gasteiger partial charge is 0.494 e. The van der Waals surface area contributed by atoms with Gasteiger partial charge < -0.3 is 20.1 Å². The van der Waals surface area contributed by atoms with Gasteiger partial charge in [-0.15, -0.1) is 0 Å². The fraction of sp³-hybridized carbons (Fsp3) is 0.647. The van der Waals surface area contributed by atoms with Crippen LogP contribution in [0.25, 0.3) is 0 Å². The maximum absolute atomic E-state index is 5.97. The normalized spacial score (nSPS) is 16.2. The van der Waals surface area contributed by atoms with Crippen LogP contribution >= 0.6 is 0 Å². The van der Waals surface area contributed by atoms with E-state index in [1.807, 2.05) is 0 Å². The van der Waals surface area contributed by atoms with Crippen molar-refractivity contribution in [2.45, 2.75) is 38.6 Å². The molecule has 0 spiro atoms. The number of aryl methyl sites for hydroxylation is 1. The lowest BCUT2D eigenvalue weighted by Gasteiger charge is -2.33. The van der Waals surface area contributed by atoms with E-state index in [1.165, 1.54) is 11.3 Å². The first-order chi connectivity index (χ1) is 10.2. The van der Waals surface area contributed by atoms with Gasteiger partial charge in [0.05, 0.1) is 6.61 Å². The zero-order valence-corrected chi connectivity index (χ0v) is 13.3. The summed E-state index contributed by atoms with van der Waals surface area (Å²) < 4.78 is 10.8. The lowest BCUT2D eigenvalue weighted by atomic mass is 10.0. The van der Waals surface area contributed by atoms with E-state index in [0.717, 1.165) is 57.7 Å². The lowest BCUT2D eigenvalue weighted by Crippen LogP contribution is -2.39. The van der Waals surface area contributed by atoms with Gasteiger partial charge >= 0.3 is 0 Å². The van der Waals surface area contributed by atoms with Crippen molar-refractivity contribution in [3.63, 3.8) is 0 Å². The smallest absolute Gasteiger partial charge is 0.119 e. The molecule has 1 aliphatic rings. The van der Waals surface area contributed by atoms with Gasteiger partial charge in [-0.3, -0.25) is 0 Å². The zero-order chi connectivity index (χ0) is 15.1. The quantitative estimate of drug-likeness (QED) is 0.785. The number of unbranched alkanes of at least 4 members (excludes halogenated alkanes) is 1. The summed E-state index contributed by atoms with van der Waals surface area (Å²) in [5.74, 6) is 0.961. The molecule has 0 aliphatic carbocycles. The number of piperidine rings is 1. The van der Waals surface area contributed by atoms with Crippen LogP contribution in [0.5, 0.6) is 5.75 Å². The molecule has 1 heterocycles. The number of benzene rings is 1. The molecule has 2 rings (SSSR count). The topological polar surface area (TPSA) is 47.7 Å². The number of nitrogens with two attached hydrogens (primary N) is 1. The highest BCUT2D eigenvalue weighted by Gasteiger charge is 2.17. The maximum Gasteiger partial charge on any atom is 0.119 e. The van der Waals surface area contributed by atoms with Gasteiger partial charge in [0.25, 0.3) is 0 Å². The molecule has 118 valence electrons. The van der Waals surface area contributed by atoms with Crippen LogP contribution in [-0.4, -0.2) is 39.5 Å². The fourth-order valence-corrected chi connectivity index (χ4v) is 2.75. The first-order valence-corrected chi connectivity index (χ1v) is 7.93. The van der Waals surface area contributed by atoms with Gasteiger partial charge in [-0.2, -0.15) is 0 Å². The van der Waals surface area contributed by atoms with Crippen molar-refractivity contribution in [3.05, 3.63) is 23.8 Å². The zero-order valence-electron chi connectivity index (χ0n) is 13.3. The SMILES string of the molecule is COCCCCOc1ccc(N2CCC(N)CC2)c(C)c1. The highest BCUT2D eigenvalue weighted by molar-refractivity contribution is 5.56. The Balaban J connectivity index is 1.85. The maximum atomic E-state index is 5.97. The van der Waals surface area contributed by atoms with Crippen molar-refractivity contribution in [3.8, 4) is 5.75 Å². The molecule has 0 radical (unpaired) electrons. The summed E-state index contributed by atoms with van der Waals surface area (Å²) >= 11 is 0. The van der Waals surface area contributed by atoms with Gasteiger partial charge in [0, 0.05) is 38.5 Å². The minimum atomic E-state index is 0.372. The predicted octanol–water partition coefficient (Wildman–Crippen LogP) is 2.73. The third-order valence-electron chi connectivity index (χ3n) is 4.06. The second-order valence-electron chi connectivity index (χ2n) is 5.82. The molecule has 2 N–H and O–H groups in total. The van der Waals surface area contributed by atoms with E-state index in [4.69, 9.17) is 15.2 Å². The molecule has 0 aromatic heterocycles. The Morgan fingerprint density at radius 3 is 2.57 bits per heavy atom. The van der Waals surface area contributed by atoms with Crippen molar-refractivity contribution in [2.24, 2.45) is 5.73 Å². The Morgan fingerprint density at radius 2 is 1.90 bits per heavy atom. The van der Waals surface area contributed by atoms with Crippen LogP contribution in [-0.2, 0) is 4.74 Å². The molecule has 1 aromatic rings. The van der Waals surface area contributed by atoms with Crippen molar-refractivity contribution >= 4 is 5.69 Å². The molecule has 0 atom stereocenters. The Hall–Kier alpha value is -1.26. The number of nitrogens with zero attached hydrogens (tertiary/aromatic N) is 1. The van der Waals surface area contributed by atoms with Crippen LogP contribution in [0.3, 0.4) is 0 Å². The summed E-state index contributed by atoms with van der Waals surface area (Å²) in [6, 6.07) is 6.76. The van der Waals surface area contributed by atoms with E-state index >= 15 is 0 Å². The lowest BCUT2D eigenvalue weighted by molar-refractivity contribution is 0.184. The van der Waals surface area contributed by atoms with Crippen LogP contribution in [0.2, 0.25) is 0 Å². The molecule has 4 nitrogen and oxygen atoms in total. The number of hydrogen-bond donors (Lipinski definition) is 1. The third-order valence-corrected chi connectivity index (χ3v) is 4.06. The molecule has 0 saturated carbocycles. The number of hydrogen-bond acceptors (Lipinski definition) is 4. The Bertz CT molecular complexity index is 429. The van der Waals surface area contributed by atoms with E-state index in [2.05, 4.69) is 30.0 Å². The molecule has 1 saturated heterocycles. The van der Waals surface area contributed by atoms with E-state index in [9.17, 15) is 0 Å². The summed E-state index contributed by atoms with van der Waals surface area (Å²) in [4.78, 5) is 2.43. The van der Waals surface area contributed by atoms with Crippen molar-refractivity contribution in [1.82, 2.24) is 0 Å². The van der Waals surface area contributed by atoms with Crippen molar-refractivity contribution in [1.29, 1.82) is 0 Å². The molecular formula is C17H28N2O2. The van der Waals surface area contributed by atoms with Crippen LogP contribution in [0, 0.1) is 6.92 Å². The summed E-state index contributed by atoms with van der Waals surface area (Å²) in [5, 5.41) is 0. The minimum Gasteiger partial charge on any atom is -0.494 e. The standard InChI is InChI=1S/C17H28N2O2/c1-14-13-16(21-12-4-3-11-20-2)5-6-17(14)19-9-7-15(18)8-10-19/h5-6,13,15H,3-4,7-12,18H2,1-2H3. The van der Waals surface area contributed by atoms with Crippen LogP contribution < -0.4 is 15.4 Å². The van der Waals surface area contributed by atoms with Gasteiger partial charge in [-0.25, -0.2) is 0 Å². The Morgan fingerprint density at radius 1 is 1.19 bits per heavy atom. The number of anilines is 1. The van der Waals surface area contributed by atoms with Gasteiger partial charge in [-0.1, -0.05) is 0 Å². The molecule has 0 unspecified atom stereocenters. The summed E-state index contributed by atoms with van der Waals surface area (Å²) in [5.41, 5.74) is 8.56. The summed E-state index contributed by atoms with van der Waals surface area (Å²) in [6.07, 6.45) is 4.23. The number of rotatable bonds is 7. The van der Waals surface area contributed by atoms with Crippen LogP contribution in [0.1, 0.15) is 31.2 Å². The second kappa shape index (κ2) is 8.25. The third kappa shape index (κ3) is 4.90. The average Bonchev–Trinajstić information content (AvgIpc) is 2.48. The van der Waals surface area contributed by atoms with Gasteiger partial charge in [0.15, 0.2) is 0 Å². The highest BCUT2D eigenvalue weighted by atomic mass is 16.5. The van der Waals surface area contributed by atoms with Crippen molar-refractivity contribution in [2.75, 3.05) is 38.3 Å². The summed E-state index contributed by atoms with van der Waals surface area (Å²) in [7, 11) is 1.73. The monoisotopic (exact) mass is 292 g/mol. The van der Waals surface area contributed by atoms with E-state index in [1.54, 1.807) is 7.11 Å². The molecule has 1 fully saturated rings. The summed E-state index contributed by atoms with van der Waals surface area (Å²) in [6.45, 7) is 5.82. The molecule has 0 amide bonds. The first kappa shape index (κ1) is 16.1. The van der Waals surface area contributed by atoms with Gasteiger partial charge in [-0.05, 0) is 56.4 Å². The van der Waals surface area contributed by atoms with Crippen LogP contribution in [0.15, 0.2) is 18.2 Å². The second-order valence-corrected chi connectivity index (χ2v) is 5.82. The van der Waals surface area contributed by atoms with E-state index in [-0.39, 0.29) is 0 Å². The number of ether oxygens (including phenoxy) is 2. The van der Waals surface area contributed by atoms with Crippen LogP contribution in [0.4, 0.5) is 5.69 Å². The molecule has 4 heteroatoms. The Labute approximate surface area is 128 Å². The molecule has 1 aliphatic heterocycles. The molecule has 1 aromatic carbocycles. The predicted molar refractivity (Wildman–Crippen MR) is 87.2 cm³/mol.